The second-order valence-electron chi connectivity index (χ2n) is 7.06. The summed E-state index contributed by atoms with van der Waals surface area (Å²) in [5.74, 6) is 0.470. The number of nitrogens with one attached hydrogen (secondary N) is 2. The van der Waals surface area contributed by atoms with Gasteiger partial charge in [0.25, 0.3) is 0 Å². The van der Waals surface area contributed by atoms with Crippen molar-refractivity contribution < 1.29 is 13.9 Å². The molecule has 126 valence electrons. The molecule has 1 amide bonds. The van der Waals surface area contributed by atoms with Gasteiger partial charge in [-0.15, -0.1) is 0 Å². The molecule has 0 aromatic carbocycles. The van der Waals surface area contributed by atoms with Crippen LogP contribution in [0.25, 0.3) is 0 Å². The lowest BCUT2D eigenvalue weighted by Gasteiger charge is -2.36. The van der Waals surface area contributed by atoms with Gasteiger partial charge < -0.3 is 20.3 Å². The van der Waals surface area contributed by atoms with Crippen LogP contribution in [0.4, 0.5) is 9.18 Å². The van der Waals surface area contributed by atoms with Gasteiger partial charge in [-0.05, 0) is 44.7 Å². The van der Waals surface area contributed by atoms with Crippen LogP contribution in [-0.4, -0.2) is 62.0 Å². The minimum atomic E-state index is -1.16. The molecule has 0 unspecified atom stereocenters. The molecule has 3 aliphatic rings. The minimum Gasteiger partial charge on any atom is -0.449 e. The molecule has 0 bridgehead atoms. The quantitative estimate of drug-likeness (QED) is 0.811. The molecule has 2 N–H and O–H groups in total. The molecule has 22 heavy (non-hydrogen) atoms. The molecule has 5 nitrogen and oxygen atoms in total. The fraction of sp³-hybridized carbons (Fsp3) is 0.938. The number of halogens is 1. The summed E-state index contributed by atoms with van der Waals surface area (Å²) >= 11 is 0. The molecule has 0 spiro atoms. The van der Waals surface area contributed by atoms with E-state index in [0.29, 0.717) is 51.0 Å². The van der Waals surface area contributed by atoms with Crippen molar-refractivity contribution in [3.8, 4) is 0 Å². The zero-order chi connectivity index (χ0) is 15.4. The van der Waals surface area contributed by atoms with E-state index < -0.39 is 5.67 Å². The summed E-state index contributed by atoms with van der Waals surface area (Å²) in [6, 6.07) is 0.528. The van der Waals surface area contributed by atoms with Crippen LogP contribution >= 0.6 is 0 Å². The van der Waals surface area contributed by atoms with E-state index in [1.54, 1.807) is 4.90 Å². The maximum absolute atomic E-state index is 14.6. The van der Waals surface area contributed by atoms with E-state index in [0.717, 1.165) is 25.9 Å². The number of piperidine rings is 2. The number of ether oxygens (including phenoxy) is 1. The molecule has 0 aromatic heterocycles. The van der Waals surface area contributed by atoms with Crippen LogP contribution in [0, 0.1) is 5.92 Å². The number of hydrogen-bond donors (Lipinski definition) is 2. The van der Waals surface area contributed by atoms with E-state index in [4.69, 9.17) is 4.74 Å². The highest BCUT2D eigenvalue weighted by atomic mass is 19.1. The Morgan fingerprint density at radius 3 is 2.55 bits per heavy atom. The Kier molecular flexibility index (Phi) is 5.18. The first kappa shape index (κ1) is 16.0. The van der Waals surface area contributed by atoms with Gasteiger partial charge in [-0.25, -0.2) is 9.18 Å². The van der Waals surface area contributed by atoms with Gasteiger partial charge in [0.2, 0.25) is 0 Å². The number of alkyl halides is 1. The third kappa shape index (κ3) is 4.56. The van der Waals surface area contributed by atoms with Crippen LogP contribution in [-0.2, 0) is 4.74 Å². The first-order chi connectivity index (χ1) is 10.6. The molecular weight excluding hydrogens is 285 g/mol. The van der Waals surface area contributed by atoms with Gasteiger partial charge in [0.1, 0.15) is 5.67 Å². The zero-order valence-corrected chi connectivity index (χ0v) is 13.3. The summed E-state index contributed by atoms with van der Waals surface area (Å²) in [6.07, 6.45) is 5.03. The molecule has 3 fully saturated rings. The number of likely N-dealkylation sites (tertiary alicyclic amines) is 1. The standard InChI is InChI=1S/C16H28FN3O2/c17-16(12-19-14-1-2-14)5-9-20(10-6-16)15(21)22-11-13-3-7-18-8-4-13/h13-14,18-19H,1-12H2. The molecule has 2 heterocycles. The lowest BCUT2D eigenvalue weighted by molar-refractivity contribution is 0.0363. The Balaban J connectivity index is 1.35. The second-order valence-corrected chi connectivity index (χ2v) is 7.06. The molecule has 1 saturated carbocycles. The molecule has 3 rings (SSSR count). The molecule has 6 heteroatoms. The van der Waals surface area contributed by atoms with Gasteiger partial charge in [-0.1, -0.05) is 0 Å². The van der Waals surface area contributed by atoms with Crippen molar-refractivity contribution in [2.75, 3.05) is 39.3 Å². The van der Waals surface area contributed by atoms with Crippen molar-refractivity contribution in [2.24, 2.45) is 5.92 Å². The SMILES string of the molecule is O=C(OCC1CCNCC1)N1CCC(F)(CNC2CC2)CC1. The van der Waals surface area contributed by atoms with Gasteiger partial charge in [0, 0.05) is 38.5 Å². The fourth-order valence-electron chi connectivity index (χ4n) is 3.21. The Morgan fingerprint density at radius 1 is 1.23 bits per heavy atom. The minimum absolute atomic E-state index is 0.268. The van der Waals surface area contributed by atoms with E-state index in [9.17, 15) is 9.18 Å². The van der Waals surface area contributed by atoms with Crippen LogP contribution < -0.4 is 10.6 Å². The predicted molar refractivity (Wildman–Crippen MR) is 82.6 cm³/mol. The second kappa shape index (κ2) is 7.13. The summed E-state index contributed by atoms with van der Waals surface area (Å²) in [5.41, 5.74) is -1.16. The van der Waals surface area contributed by atoms with Crippen molar-refractivity contribution in [1.29, 1.82) is 0 Å². The monoisotopic (exact) mass is 313 g/mol. The van der Waals surface area contributed by atoms with Crippen molar-refractivity contribution in [2.45, 2.75) is 50.2 Å². The van der Waals surface area contributed by atoms with E-state index in [2.05, 4.69) is 10.6 Å². The number of carbonyl (C=O) groups excluding carboxylic acids is 1. The number of carbonyl (C=O) groups is 1. The maximum Gasteiger partial charge on any atom is 0.409 e. The molecule has 2 saturated heterocycles. The first-order valence-corrected chi connectivity index (χ1v) is 8.69. The normalized spacial score (nSPS) is 26.0. The highest BCUT2D eigenvalue weighted by Gasteiger charge is 2.37. The molecule has 1 aliphatic carbocycles. The maximum atomic E-state index is 14.6. The Morgan fingerprint density at radius 2 is 1.91 bits per heavy atom. The Hall–Kier alpha value is -0.880. The predicted octanol–water partition coefficient (Wildman–Crippen LogP) is 1.68. The molecule has 0 atom stereocenters. The van der Waals surface area contributed by atoms with Crippen molar-refractivity contribution in [3.63, 3.8) is 0 Å². The third-order valence-corrected chi connectivity index (χ3v) is 5.10. The Bertz CT molecular complexity index is 376. The summed E-state index contributed by atoms with van der Waals surface area (Å²) < 4.78 is 20.0. The smallest absolute Gasteiger partial charge is 0.409 e. The highest BCUT2D eigenvalue weighted by molar-refractivity contribution is 5.67. The molecular formula is C16H28FN3O2. The van der Waals surface area contributed by atoms with Crippen molar-refractivity contribution >= 4 is 6.09 Å². The number of hydrogen-bond acceptors (Lipinski definition) is 4. The summed E-state index contributed by atoms with van der Waals surface area (Å²) in [5, 5.41) is 6.56. The number of amides is 1. The van der Waals surface area contributed by atoms with E-state index >= 15 is 0 Å². The highest BCUT2D eigenvalue weighted by Crippen LogP contribution is 2.28. The van der Waals surface area contributed by atoms with E-state index in [1.165, 1.54) is 12.8 Å². The molecule has 0 radical (unpaired) electrons. The summed E-state index contributed by atoms with van der Waals surface area (Å²) in [4.78, 5) is 13.7. The van der Waals surface area contributed by atoms with E-state index in [-0.39, 0.29) is 6.09 Å². The van der Waals surface area contributed by atoms with Crippen LogP contribution in [0.3, 0.4) is 0 Å². The van der Waals surface area contributed by atoms with Crippen molar-refractivity contribution in [3.05, 3.63) is 0 Å². The van der Waals surface area contributed by atoms with Gasteiger partial charge in [0.15, 0.2) is 0 Å². The van der Waals surface area contributed by atoms with Crippen LogP contribution in [0.5, 0.6) is 0 Å². The first-order valence-electron chi connectivity index (χ1n) is 8.69. The van der Waals surface area contributed by atoms with Gasteiger partial charge in [-0.2, -0.15) is 0 Å². The van der Waals surface area contributed by atoms with Crippen LogP contribution in [0.1, 0.15) is 38.5 Å². The van der Waals surface area contributed by atoms with Crippen LogP contribution in [0.2, 0.25) is 0 Å². The Labute approximate surface area is 131 Å². The number of nitrogens with zero attached hydrogens (tertiary/aromatic N) is 1. The third-order valence-electron chi connectivity index (χ3n) is 5.10. The van der Waals surface area contributed by atoms with Gasteiger partial charge >= 0.3 is 6.09 Å². The van der Waals surface area contributed by atoms with Gasteiger partial charge in [0.05, 0.1) is 6.61 Å². The van der Waals surface area contributed by atoms with Gasteiger partial charge in [-0.3, -0.25) is 0 Å². The van der Waals surface area contributed by atoms with E-state index in [1.807, 2.05) is 0 Å². The summed E-state index contributed by atoms with van der Waals surface area (Å²) in [6.45, 7) is 3.87. The van der Waals surface area contributed by atoms with Crippen molar-refractivity contribution in [1.82, 2.24) is 15.5 Å². The summed E-state index contributed by atoms with van der Waals surface area (Å²) in [7, 11) is 0. The fourth-order valence-corrected chi connectivity index (χ4v) is 3.21. The average molecular weight is 313 g/mol. The van der Waals surface area contributed by atoms with Crippen LogP contribution in [0.15, 0.2) is 0 Å². The largest absolute Gasteiger partial charge is 0.449 e. The lowest BCUT2D eigenvalue weighted by atomic mass is 9.93. The molecule has 2 aliphatic heterocycles. The molecule has 0 aromatic rings. The topological polar surface area (TPSA) is 53.6 Å². The zero-order valence-electron chi connectivity index (χ0n) is 13.3. The average Bonchev–Trinajstić information content (AvgIpc) is 3.37. The lowest BCUT2D eigenvalue weighted by Crippen LogP contribution is -2.49. The number of rotatable bonds is 5.